The van der Waals surface area contributed by atoms with Crippen molar-refractivity contribution >= 4 is 17.3 Å². The number of nitro groups is 1. The maximum Gasteiger partial charge on any atom is 0.277 e. The summed E-state index contributed by atoms with van der Waals surface area (Å²) in [5, 5.41) is 15.6. The summed E-state index contributed by atoms with van der Waals surface area (Å²) in [5.74, 6) is -1.17. The second kappa shape index (κ2) is 3.53. The molecule has 0 aliphatic carbocycles. The van der Waals surface area contributed by atoms with Gasteiger partial charge in [0.2, 0.25) is 5.91 Å². The van der Waals surface area contributed by atoms with Gasteiger partial charge in [-0.25, -0.2) is 4.39 Å². The van der Waals surface area contributed by atoms with Crippen LogP contribution in [0.1, 0.15) is 11.6 Å². The van der Waals surface area contributed by atoms with Crippen LogP contribution >= 0.6 is 0 Å². The predicted molar refractivity (Wildman–Crippen MR) is 53.5 cm³/mol. The predicted octanol–water partition coefficient (Wildman–Crippen LogP) is 0.946. The molecule has 2 N–H and O–H groups in total. The number of hydrogen-bond donors (Lipinski definition) is 2. The number of anilines is 1. The molecule has 1 aliphatic rings. The van der Waals surface area contributed by atoms with Crippen molar-refractivity contribution in [2.75, 3.05) is 12.4 Å². The lowest BCUT2D eigenvalue weighted by Crippen LogP contribution is -2.24. The lowest BCUT2D eigenvalue weighted by atomic mass is 10.1. The van der Waals surface area contributed by atoms with Crippen LogP contribution < -0.4 is 10.6 Å². The van der Waals surface area contributed by atoms with E-state index in [4.69, 9.17) is 0 Å². The molecule has 0 spiro atoms. The minimum atomic E-state index is -0.883. The van der Waals surface area contributed by atoms with E-state index in [0.29, 0.717) is 0 Å². The number of fused-ring (bicyclic) bond motifs is 1. The number of rotatable bonds is 2. The number of amides is 1. The molecule has 16 heavy (non-hydrogen) atoms. The van der Waals surface area contributed by atoms with Crippen molar-refractivity contribution in [3.05, 3.63) is 33.6 Å². The monoisotopic (exact) mass is 225 g/mol. The SMILES string of the molecule is CNC1C(=O)Nc2c(F)ccc([N+](=O)[O-])c21. The molecule has 1 atom stereocenters. The van der Waals surface area contributed by atoms with Gasteiger partial charge in [-0.3, -0.25) is 14.9 Å². The van der Waals surface area contributed by atoms with Gasteiger partial charge in [-0.2, -0.15) is 0 Å². The standard InChI is InChI=1S/C9H8FN3O3/c1-11-8-6-5(13(15)16)3-2-4(10)7(6)12-9(8)14/h2-3,8,11H,1H3,(H,12,14). The van der Waals surface area contributed by atoms with Crippen molar-refractivity contribution < 1.29 is 14.1 Å². The van der Waals surface area contributed by atoms with E-state index in [9.17, 15) is 19.3 Å². The summed E-state index contributed by atoms with van der Waals surface area (Å²) in [6.45, 7) is 0. The molecule has 1 aliphatic heterocycles. The third kappa shape index (κ3) is 1.33. The minimum absolute atomic E-state index is 0.0532. The summed E-state index contributed by atoms with van der Waals surface area (Å²) in [6.07, 6.45) is 0. The first kappa shape index (κ1) is 10.5. The van der Waals surface area contributed by atoms with Gasteiger partial charge in [0.1, 0.15) is 11.9 Å². The summed E-state index contributed by atoms with van der Waals surface area (Å²) >= 11 is 0. The summed E-state index contributed by atoms with van der Waals surface area (Å²) in [7, 11) is 1.48. The maximum atomic E-state index is 13.4. The molecule has 6 nitrogen and oxygen atoms in total. The molecule has 0 aromatic heterocycles. The highest BCUT2D eigenvalue weighted by Gasteiger charge is 2.37. The van der Waals surface area contributed by atoms with Gasteiger partial charge in [0, 0.05) is 6.07 Å². The molecular weight excluding hydrogens is 217 g/mol. The molecule has 1 amide bonds. The second-order valence-corrected chi connectivity index (χ2v) is 3.32. The number of carbonyl (C=O) groups is 1. The van der Waals surface area contributed by atoms with Gasteiger partial charge in [0.15, 0.2) is 0 Å². The zero-order valence-corrected chi connectivity index (χ0v) is 8.28. The van der Waals surface area contributed by atoms with Gasteiger partial charge in [-0.1, -0.05) is 0 Å². The van der Waals surface area contributed by atoms with Crippen LogP contribution in [0.25, 0.3) is 0 Å². The summed E-state index contributed by atoms with van der Waals surface area (Å²) in [5.41, 5.74) is -0.329. The molecule has 84 valence electrons. The minimum Gasteiger partial charge on any atom is -0.321 e. The fourth-order valence-electron chi connectivity index (χ4n) is 1.76. The van der Waals surface area contributed by atoms with Crippen molar-refractivity contribution in [1.82, 2.24) is 5.32 Å². The highest BCUT2D eigenvalue weighted by Crippen LogP contribution is 2.39. The Bertz CT molecular complexity index is 489. The number of nitrogens with zero attached hydrogens (tertiary/aromatic N) is 1. The third-order valence-electron chi connectivity index (χ3n) is 2.46. The maximum absolute atomic E-state index is 13.4. The van der Waals surface area contributed by atoms with E-state index in [-0.39, 0.29) is 16.9 Å². The lowest BCUT2D eigenvalue weighted by molar-refractivity contribution is -0.385. The average Bonchev–Trinajstić information content (AvgIpc) is 2.55. The van der Waals surface area contributed by atoms with Gasteiger partial charge in [-0.05, 0) is 13.1 Å². The van der Waals surface area contributed by atoms with E-state index in [0.717, 1.165) is 12.1 Å². The Kier molecular flexibility index (Phi) is 2.31. The smallest absolute Gasteiger partial charge is 0.277 e. The summed E-state index contributed by atoms with van der Waals surface area (Å²) in [6, 6.07) is 1.14. The Balaban J connectivity index is 2.68. The molecular formula is C9H8FN3O3. The van der Waals surface area contributed by atoms with Gasteiger partial charge >= 0.3 is 0 Å². The number of likely N-dealkylation sites (N-methyl/N-ethyl adjacent to an activating group) is 1. The van der Waals surface area contributed by atoms with Crippen LogP contribution in [0.3, 0.4) is 0 Å². The molecule has 0 saturated heterocycles. The summed E-state index contributed by atoms with van der Waals surface area (Å²) in [4.78, 5) is 21.5. The molecule has 1 aromatic rings. The van der Waals surface area contributed by atoms with Crippen molar-refractivity contribution in [1.29, 1.82) is 0 Å². The average molecular weight is 225 g/mol. The fraction of sp³-hybridized carbons (Fsp3) is 0.222. The van der Waals surface area contributed by atoms with E-state index < -0.39 is 22.7 Å². The van der Waals surface area contributed by atoms with E-state index >= 15 is 0 Å². The van der Waals surface area contributed by atoms with E-state index in [2.05, 4.69) is 10.6 Å². The van der Waals surface area contributed by atoms with Crippen molar-refractivity contribution in [2.45, 2.75) is 6.04 Å². The van der Waals surface area contributed by atoms with Crippen molar-refractivity contribution in [2.24, 2.45) is 0 Å². The number of nitro benzene ring substituents is 1. The number of carbonyl (C=O) groups excluding carboxylic acids is 1. The normalized spacial score (nSPS) is 18.1. The highest BCUT2D eigenvalue weighted by atomic mass is 19.1. The fourth-order valence-corrected chi connectivity index (χ4v) is 1.76. The number of nitrogens with one attached hydrogen (secondary N) is 2. The molecule has 1 aromatic carbocycles. The Labute approximate surface area is 89.6 Å². The highest BCUT2D eigenvalue weighted by molar-refractivity contribution is 6.04. The Morgan fingerprint density at radius 1 is 1.56 bits per heavy atom. The Hall–Kier alpha value is -2.02. The second-order valence-electron chi connectivity index (χ2n) is 3.32. The van der Waals surface area contributed by atoms with Gasteiger partial charge in [-0.15, -0.1) is 0 Å². The van der Waals surface area contributed by atoms with Crippen LogP contribution in [-0.4, -0.2) is 17.9 Å². The Morgan fingerprint density at radius 3 is 2.81 bits per heavy atom. The van der Waals surface area contributed by atoms with Crippen LogP contribution in [0, 0.1) is 15.9 Å². The van der Waals surface area contributed by atoms with Gasteiger partial charge < -0.3 is 10.6 Å². The molecule has 0 saturated carbocycles. The molecule has 7 heteroatoms. The summed E-state index contributed by atoms with van der Waals surface area (Å²) < 4.78 is 13.4. The first-order chi connectivity index (χ1) is 7.56. The van der Waals surface area contributed by atoms with E-state index in [1.165, 1.54) is 7.05 Å². The van der Waals surface area contributed by atoms with Gasteiger partial charge in [0.25, 0.3) is 5.69 Å². The Morgan fingerprint density at radius 2 is 2.25 bits per heavy atom. The van der Waals surface area contributed by atoms with Crippen LogP contribution in [0.15, 0.2) is 12.1 Å². The molecule has 0 bridgehead atoms. The molecule has 0 radical (unpaired) electrons. The van der Waals surface area contributed by atoms with E-state index in [1.54, 1.807) is 0 Å². The number of benzene rings is 1. The van der Waals surface area contributed by atoms with Crippen molar-refractivity contribution in [3.63, 3.8) is 0 Å². The molecule has 1 unspecified atom stereocenters. The van der Waals surface area contributed by atoms with Crippen LogP contribution in [0.2, 0.25) is 0 Å². The van der Waals surface area contributed by atoms with E-state index in [1.807, 2.05) is 0 Å². The lowest BCUT2D eigenvalue weighted by Gasteiger charge is -2.06. The van der Waals surface area contributed by atoms with Crippen LogP contribution in [0.5, 0.6) is 0 Å². The first-order valence-electron chi connectivity index (χ1n) is 4.51. The molecule has 2 rings (SSSR count). The first-order valence-corrected chi connectivity index (χ1v) is 4.51. The zero-order chi connectivity index (χ0) is 11.9. The number of halogens is 1. The van der Waals surface area contributed by atoms with Gasteiger partial charge in [0.05, 0.1) is 16.2 Å². The topological polar surface area (TPSA) is 84.3 Å². The zero-order valence-electron chi connectivity index (χ0n) is 8.28. The van der Waals surface area contributed by atoms with Crippen molar-refractivity contribution in [3.8, 4) is 0 Å². The third-order valence-corrected chi connectivity index (χ3v) is 2.46. The molecule has 0 fully saturated rings. The molecule has 1 heterocycles. The quantitative estimate of drug-likeness (QED) is 0.579. The van der Waals surface area contributed by atoms with Crippen LogP contribution in [0.4, 0.5) is 15.8 Å². The largest absolute Gasteiger partial charge is 0.321 e. The number of hydrogen-bond acceptors (Lipinski definition) is 4. The van der Waals surface area contributed by atoms with Crippen LogP contribution in [-0.2, 0) is 4.79 Å².